The first kappa shape index (κ1) is 19.1. The van der Waals surface area contributed by atoms with Crippen molar-refractivity contribution < 1.29 is 9.47 Å². The molecular formula is C25H24N2O2S. The first-order chi connectivity index (χ1) is 14.7. The molecule has 0 fully saturated rings. The van der Waals surface area contributed by atoms with Crippen LogP contribution in [0.1, 0.15) is 16.0 Å². The molecule has 0 bridgehead atoms. The summed E-state index contributed by atoms with van der Waals surface area (Å²) in [6.45, 7) is 5.50. The molecule has 0 N–H and O–H groups in total. The van der Waals surface area contributed by atoms with Gasteiger partial charge in [-0.15, -0.1) is 11.3 Å². The van der Waals surface area contributed by atoms with E-state index >= 15 is 0 Å². The predicted molar refractivity (Wildman–Crippen MR) is 122 cm³/mol. The highest BCUT2D eigenvalue weighted by Gasteiger charge is 2.21. The quantitative estimate of drug-likeness (QED) is 0.429. The molecule has 0 radical (unpaired) electrons. The lowest BCUT2D eigenvalue weighted by atomic mass is 10.0. The molecule has 4 aromatic rings. The number of nitrogens with zero attached hydrogens (tertiary/aromatic N) is 2. The smallest absolute Gasteiger partial charge is 0.165 e. The third kappa shape index (κ3) is 3.66. The number of benzene rings is 2. The van der Waals surface area contributed by atoms with Crippen LogP contribution in [0.4, 0.5) is 0 Å². The van der Waals surface area contributed by atoms with E-state index in [0.29, 0.717) is 6.61 Å². The minimum atomic E-state index is 0.657. The van der Waals surface area contributed by atoms with Gasteiger partial charge in [0.2, 0.25) is 0 Å². The summed E-state index contributed by atoms with van der Waals surface area (Å²) in [6, 6.07) is 16.9. The normalized spacial score (nSPS) is 14.2. The minimum absolute atomic E-state index is 0.657. The van der Waals surface area contributed by atoms with E-state index in [1.54, 1.807) is 7.11 Å². The molecule has 2 aromatic heterocycles. The van der Waals surface area contributed by atoms with Crippen LogP contribution in [0.5, 0.6) is 11.5 Å². The lowest BCUT2D eigenvalue weighted by Crippen LogP contribution is -2.25. The van der Waals surface area contributed by atoms with Gasteiger partial charge in [0.15, 0.2) is 11.5 Å². The average molecular weight is 417 g/mol. The van der Waals surface area contributed by atoms with Crippen LogP contribution in [0.2, 0.25) is 0 Å². The van der Waals surface area contributed by atoms with Crippen LogP contribution in [0.15, 0.2) is 60.1 Å². The van der Waals surface area contributed by atoms with E-state index in [1.165, 1.54) is 10.4 Å². The number of aryl methyl sites for hydroxylation is 1. The zero-order valence-electron chi connectivity index (χ0n) is 17.2. The van der Waals surface area contributed by atoms with Gasteiger partial charge in [-0.1, -0.05) is 18.2 Å². The highest BCUT2D eigenvalue weighted by Crippen LogP contribution is 2.39. The van der Waals surface area contributed by atoms with E-state index in [1.807, 2.05) is 35.7 Å². The van der Waals surface area contributed by atoms with Gasteiger partial charge in [-0.3, -0.25) is 9.88 Å². The number of para-hydroxylation sites is 1. The summed E-state index contributed by atoms with van der Waals surface area (Å²) in [6.07, 6.45) is 1.94. The fraction of sp³-hybridized carbons (Fsp3) is 0.240. The molecule has 0 amide bonds. The summed E-state index contributed by atoms with van der Waals surface area (Å²) in [7, 11) is 1.71. The number of hydrogen-bond donors (Lipinski definition) is 0. The highest BCUT2D eigenvalue weighted by atomic mass is 32.1. The molecule has 152 valence electrons. The maximum Gasteiger partial charge on any atom is 0.165 e. The molecule has 0 aliphatic carbocycles. The zero-order valence-corrected chi connectivity index (χ0v) is 18.0. The van der Waals surface area contributed by atoms with Gasteiger partial charge in [0.05, 0.1) is 12.6 Å². The molecule has 4 nitrogen and oxygen atoms in total. The monoisotopic (exact) mass is 416 g/mol. The zero-order chi connectivity index (χ0) is 20.5. The number of rotatable bonds is 4. The van der Waals surface area contributed by atoms with E-state index in [0.717, 1.165) is 58.7 Å². The molecule has 2 aromatic carbocycles. The molecule has 3 heterocycles. The van der Waals surface area contributed by atoms with E-state index in [2.05, 4.69) is 52.5 Å². The van der Waals surface area contributed by atoms with Crippen LogP contribution in [0, 0.1) is 6.92 Å². The lowest BCUT2D eigenvalue weighted by Gasteiger charge is -2.19. The molecule has 5 rings (SSSR count). The van der Waals surface area contributed by atoms with Gasteiger partial charge in [0.1, 0.15) is 6.61 Å². The van der Waals surface area contributed by atoms with Crippen molar-refractivity contribution >= 4 is 22.2 Å². The number of methoxy groups -OCH3 is 1. The van der Waals surface area contributed by atoms with Gasteiger partial charge >= 0.3 is 0 Å². The first-order valence-electron chi connectivity index (χ1n) is 10.2. The van der Waals surface area contributed by atoms with Gasteiger partial charge < -0.3 is 9.47 Å². The standard InChI is InChI=1S/C25H24N2O2S/c1-17-7-10-30-24(17)16-27-8-9-29-25-21(15-27)12-19(13-23(25)28-2)20-11-18-5-3-4-6-22(18)26-14-20/h3-7,10-14H,8-9,15-16H2,1-2H3. The van der Waals surface area contributed by atoms with Crippen LogP contribution in [0.25, 0.3) is 22.0 Å². The molecular weight excluding hydrogens is 392 g/mol. The SMILES string of the molecule is COc1cc(-c2cnc3ccccc3c2)cc2c1OCCN(Cc1sccc1C)C2. The second-order valence-electron chi connectivity index (χ2n) is 7.67. The van der Waals surface area contributed by atoms with Crippen molar-refractivity contribution in [2.75, 3.05) is 20.3 Å². The molecule has 0 unspecified atom stereocenters. The average Bonchev–Trinajstić information content (AvgIpc) is 3.06. The van der Waals surface area contributed by atoms with E-state index in [4.69, 9.17) is 9.47 Å². The van der Waals surface area contributed by atoms with Crippen LogP contribution < -0.4 is 9.47 Å². The third-order valence-electron chi connectivity index (χ3n) is 5.66. The maximum atomic E-state index is 6.13. The number of aromatic nitrogens is 1. The van der Waals surface area contributed by atoms with Gasteiger partial charge in [-0.2, -0.15) is 0 Å². The molecule has 5 heteroatoms. The fourth-order valence-electron chi connectivity index (χ4n) is 3.99. The summed E-state index contributed by atoms with van der Waals surface area (Å²) < 4.78 is 11.8. The molecule has 0 saturated heterocycles. The Morgan fingerprint density at radius 2 is 2.03 bits per heavy atom. The Morgan fingerprint density at radius 1 is 1.13 bits per heavy atom. The summed E-state index contributed by atoms with van der Waals surface area (Å²) in [5.41, 5.74) is 5.70. The lowest BCUT2D eigenvalue weighted by molar-refractivity contribution is 0.218. The van der Waals surface area contributed by atoms with Crippen LogP contribution in [0.3, 0.4) is 0 Å². The van der Waals surface area contributed by atoms with Gasteiger partial charge in [0, 0.05) is 47.2 Å². The third-order valence-corrected chi connectivity index (χ3v) is 6.67. The van der Waals surface area contributed by atoms with Crippen molar-refractivity contribution in [1.29, 1.82) is 0 Å². The molecule has 0 spiro atoms. The van der Waals surface area contributed by atoms with Crippen molar-refractivity contribution in [3.63, 3.8) is 0 Å². The second kappa shape index (κ2) is 8.09. The molecule has 0 saturated carbocycles. The Bertz CT molecular complexity index is 1200. The van der Waals surface area contributed by atoms with E-state index in [9.17, 15) is 0 Å². The van der Waals surface area contributed by atoms with Gasteiger partial charge in [0.25, 0.3) is 0 Å². The molecule has 1 aliphatic rings. The van der Waals surface area contributed by atoms with Crippen molar-refractivity contribution in [3.8, 4) is 22.6 Å². The summed E-state index contributed by atoms with van der Waals surface area (Å²) >= 11 is 1.82. The second-order valence-corrected chi connectivity index (χ2v) is 8.67. The molecule has 30 heavy (non-hydrogen) atoms. The Kier molecular flexibility index (Phi) is 5.15. The maximum absolute atomic E-state index is 6.13. The van der Waals surface area contributed by atoms with Crippen molar-refractivity contribution in [1.82, 2.24) is 9.88 Å². The fourth-order valence-corrected chi connectivity index (χ4v) is 4.94. The Balaban J connectivity index is 1.52. The number of pyridine rings is 1. The molecule has 0 atom stereocenters. The largest absolute Gasteiger partial charge is 0.493 e. The Morgan fingerprint density at radius 3 is 2.87 bits per heavy atom. The number of ether oxygens (including phenoxy) is 2. The van der Waals surface area contributed by atoms with E-state index in [-0.39, 0.29) is 0 Å². The van der Waals surface area contributed by atoms with Gasteiger partial charge in [-0.25, -0.2) is 0 Å². The number of thiophene rings is 1. The molecule has 1 aliphatic heterocycles. The predicted octanol–water partition coefficient (Wildman–Crippen LogP) is 5.67. The van der Waals surface area contributed by atoms with E-state index < -0.39 is 0 Å². The minimum Gasteiger partial charge on any atom is -0.493 e. The topological polar surface area (TPSA) is 34.6 Å². The number of hydrogen-bond acceptors (Lipinski definition) is 5. The summed E-state index contributed by atoms with van der Waals surface area (Å²) in [4.78, 5) is 8.50. The first-order valence-corrected chi connectivity index (χ1v) is 11.0. The Hall–Kier alpha value is -2.89. The summed E-state index contributed by atoms with van der Waals surface area (Å²) in [5.74, 6) is 1.64. The highest BCUT2D eigenvalue weighted by molar-refractivity contribution is 7.10. The van der Waals surface area contributed by atoms with Crippen LogP contribution in [-0.4, -0.2) is 30.1 Å². The summed E-state index contributed by atoms with van der Waals surface area (Å²) in [5, 5.41) is 3.30. The van der Waals surface area contributed by atoms with Crippen molar-refractivity contribution in [2.45, 2.75) is 20.0 Å². The van der Waals surface area contributed by atoms with Crippen LogP contribution in [-0.2, 0) is 13.1 Å². The van der Waals surface area contributed by atoms with Crippen molar-refractivity contribution in [3.05, 3.63) is 76.1 Å². The van der Waals surface area contributed by atoms with Crippen molar-refractivity contribution in [2.24, 2.45) is 0 Å². The van der Waals surface area contributed by atoms with Crippen LogP contribution >= 0.6 is 11.3 Å². The Labute approximate surface area is 180 Å². The van der Waals surface area contributed by atoms with Gasteiger partial charge in [-0.05, 0) is 53.8 Å². The number of fused-ring (bicyclic) bond motifs is 2.